The van der Waals surface area contributed by atoms with Gasteiger partial charge in [0.05, 0.1) is 37.2 Å². The van der Waals surface area contributed by atoms with E-state index in [2.05, 4.69) is 21.2 Å². The molecule has 1 heterocycles. The summed E-state index contributed by atoms with van der Waals surface area (Å²) in [5, 5.41) is 12.4. The molecule has 3 aromatic rings. The molecule has 0 radical (unpaired) electrons. The van der Waals surface area contributed by atoms with Gasteiger partial charge in [-0.3, -0.25) is 4.79 Å². The molecular formula is C28H28BrNO7. The summed E-state index contributed by atoms with van der Waals surface area (Å²) in [6.45, 7) is 4.29. The van der Waals surface area contributed by atoms with Crippen molar-refractivity contribution in [1.29, 1.82) is 0 Å². The molecule has 2 N–H and O–H groups in total. The van der Waals surface area contributed by atoms with Crippen LogP contribution < -0.4 is 19.5 Å². The number of alkyl carbamates (subject to hydrolysis) is 1. The fraction of sp³-hybridized carbons (Fsp3) is 0.286. The summed E-state index contributed by atoms with van der Waals surface area (Å²) in [4.78, 5) is 24.2. The van der Waals surface area contributed by atoms with Crippen molar-refractivity contribution in [3.05, 3.63) is 80.8 Å². The van der Waals surface area contributed by atoms with Crippen LogP contribution in [0.25, 0.3) is 0 Å². The van der Waals surface area contributed by atoms with Crippen molar-refractivity contribution in [3.63, 3.8) is 0 Å². The number of nitrogens with one attached hydrogen (secondary N) is 1. The number of rotatable bonds is 8. The molecule has 0 atom stereocenters. The molecule has 0 saturated carbocycles. The third kappa shape index (κ3) is 5.22. The molecule has 4 rings (SSSR count). The van der Waals surface area contributed by atoms with E-state index in [0.29, 0.717) is 38.6 Å². The Morgan fingerprint density at radius 3 is 2.35 bits per heavy atom. The number of carboxylic acid groups (broad SMARTS) is 1. The fourth-order valence-corrected chi connectivity index (χ4v) is 5.17. The number of fused-ring (bicyclic) bond motifs is 2. The molecule has 0 spiro atoms. The van der Waals surface area contributed by atoms with Gasteiger partial charge in [-0.25, -0.2) is 4.79 Å². The van der Waals surface area contributed by atoms with E-state index >= 15 is 0 Å². The quantitative estimate of drug-likeness (QED) is 0.345. The summed E-state index contributed by atoms with van der Waals surface area (Å²) in [7, 11) is 3.02. The van der Waals surface area contributed by atoms with Crippen LogP contribution in [0, 0.1) is 0 Å². The Kier molecular flexibility index (Phi) is 7.63. The number of hydrogen-bond donors (Lipinski definition) is 2. The average Bonchev–Trinajstić information content (AvgIpc) is 2.87. The van der Waals surface area contributed by atoms with Gasteiger partial charge >= 0.3 is 12.1 Å². The molecule has 1 aliphatic heterocycles. The summed E-state index contributed by atoms with van der Waals surface area (Å²) in [5.41, 5.74) is 3.03. The molecular weight excluding hydrogens is 542 g/mol. The maximum atomic E-state index is 12.5. The van der Waals surface area contributed by atoms with Crippen LogP contribution in [0.5, 0.6) is 23.0 Å². The van der Waals surface area contributed by atoms with Gasteiger partial charge in [0, 0.05) is 22.1 Å². The van der Waals surface area contributed by atoms with Crippen molar-refractivity contribution in [1.82, 2.24) is 5.32 Å². The Balaban J connectivity index is 1.70. The third-order valence-electron chi connectivity index (χ3n) is 6.42. The van der Waals surface area contributed by atoms with Gasteiger partial charge in [-0.15, -0.1) is 0 Å². The molecule has 1 aliphatic rings. The largest absolute Gasteiger partial charge is 0.496 e. The molecule has 9 heteroatoms. The van der Waals surface area contributed by atoms with E-state index in [1.807, 2.05) is 62.4 Å². The molecule has 0 bridgehead atoms. The van der Waals surface area contributed by atoms with Gasteiger partial charge in [-0.1, -0.05) is 50.2 Å². The van der Waals surface area contributed by atoms with Crippen molar-refractivity contribution in [2.24, 2.45) is 0 Å². The first-order valence-electron chi connectivity index (χ1n) is 11.6. The summed E-state index contributed by atoms with van der Waals surface area (Å²) in [6, 6.07) is 15.0. The lowest BCUT2D eigenvalue weighted by atomic mass is 9.74. The van der Waals surface area contributed by atoms with Crippen LogP contribution in [0.2, 0.25) is 0 Å². The number of amides is 1. The van der Waals surface area contributed by atoms with Crippen LogP contribution >= 0.6 is 15.9 Å². The van der Waals surface area contributed by atoms with E-state index in [9.17, 15) is 14.7 Å². The number of ether oxygens (including phenoxy) is 4. The van der Waals surface area contributed by atoms with E-state index in [1.54, 1.807) is 0 Å². The van der Waals surface area contributed by atoms with Gasteiger partial charge in [0.15, 0.2) is 0 Å². The zero-order valence-corrected chi connectivity index (χ0v) is 22.6. The van der Waals surface area contributed by atoms with E-state index in [0.717, 1.165) is 16.7 Å². The van der Waals surface area contributed by atoms with Gasteiger partial charge in [-0.05, 0) is 33.6 Å². The van der Waals surface area contributed by atoms with Crippen molar-refractivity contribution < 1.29 is 33.6 Å². The van der Waals surface area contributed by atoms with E-state index in [4.69, 9.17) is 18.9 Å². The highest BCUT2D eigenvalue weighted by Crippen LogP contribution is 2.54. The first kappa shape index (κ1) is 26.3. The molecule has 194 valence electrons. The van der Waals surface area contributed by atoms with Crippen LogP contribution in [-0.2, 0) is 34.5 Å². The van der Waals surface area contributed by atoms with Crippen LogP contribution in [-0.4, -0.2) is 31.4 Å². The maximum Gasteiger partial charge on any atom is 0.407 e. The second-order valence-electron chi connectivity index (χ2n) is 9.08. The Bertz CT molecular complexity index is 1340. The van der Waals surface area contributed by atoms with Gasteiger partial charge in [0.1, 0.15) is 29.6 Å². The number of carbonyl (C=O) groups is 2. The highest BCUT2D eigenvalue weighted by atomic mass is 79.9. The lowest BCUT2D eigenvalue weighted by Gasteiger charge is -2.37. The second-order valence-corrected chi connectivity index (χ2v) is 9.94. The van der Waals surface area contributed by atoms with E-state index in [-0.39, 0.29) is 19.6 Å². The lowest BCUT2D eigenvalue weighted by Crippen LogP contribution is -2.28. The third-order valence-corrected chi connectivity index (χ3v) is 7.01. The molecule has 37 heavy (non-hydrogen) atoms. The van der Waals surface area contributed by atoms with Crippen molar-refractivity contribution in [2.45, 2.75) is 38.8 Å². The maximum absolute atomic E-state index is 12.5. The van der Waals surface area contributed by atoms with Crippen LogP contribution in [0.1, 0.15) is 41.7 Å². The molecule has 0 fully saturated rings. The van der Waals surface area contributed by atoms with Gasteiger partial charge in [0.25, 0.3) is 0 Å². The van der Waals surface area contributed by atoms with Crippen molar-refractivity contribution in [2.75, 3.05) is 14.2 Å². The Hall–Kier alpha value is -3.72. The zero-order chi connectivity index (χ0) is 26.7. The molecule has 3 aromatic carbocycles. The van der Waals surface area contributed by atoms with Gasteiger partial charge < -0.3 is 29.4 Å². The second kappa shape index (κ2) is 10.7. The molecule has 0 aromatic heterocycles. The number of hydrogen-bond acceptors (Lipinski definition) is 6. The summed E-state index contributed by atoms with van der Waals surface area (Å²) >= 11 is 3.52. The molecule has 0 aliphatic carbocycles. The minimum atomic E-state index is -1.01. The Labute approximate surface area is 223 Å². The number of benzene rings is 3. The number of aliphatic carboxylic acids is 1. The van der Waals surface area contributed by atoms with Crippen LogP contribution in [0.3, 0.4) is 0 Å². The topological polar surface area (TPSA) is 103 Å². The first-order chi connectivity index (χ1) is 17.7. The zero-order valence-electron chi connectivity index (χ0n) is 21.0. The SMILES string of the molecule is COc1ccc2c(c1CNC(=O)OCc1ccccc1)Oc1c(cc(Br)c(OC)c1CC(=O)O)C2(C)C. The molecule has 1 amide bonds. The normalized spacial score (nSPS) is 13.0. The summed E-state index contributed by atoms with van der Waals surface area (Å²) in [6.07, 6.45) is -0.879. The Morgan fingerprint density at radius 2 is 1.70 bits per heavy atom. The van der Waals surface area contributed by atoms with E-state index < -0.39 is 17.5 Å². The number of halogens is 1. The number of methoxy groups -OCH3 is 2. The smallest absolute Gasteiger partial charge is 0.407 e. The minimum Gasteiger partial charge on any atom is -0.496 e. The van der Waals surface area contributed by atoms with Crippen LogP contribution in [0.15, 0.2) is 53.0 Å². The summed E-state index contributed by atoms with van der Waals surface area (Å²) in [5.74, 6) is 0.814. The van der Waals surface area contributed by atoms with Gasteiger partial charge in [0.2, 0.25) is 0 Å². The highest BCUT2D eigenvalue weighted by Gasteiger charge is 2.39. The lowest BCUT2D eigenvalue weighted by molar-refractivity contribution is -0.136. The number of carbonyl (C=O) groups excluding carboxylic acids is 1. The number of carboxylic acids is 1. The predicted octanol–water partition coefficient (Wildman–Crippen LogP) is 5.95. The summed E-state index contributed by atoms with van der Waals surface area (Å²) < 4.78 is 23.6. The average molecular weight is 570 g/mol. The minimum absolute atomic E-state index is 0.0767. The van der Waals surface area contributed by atoms with Crippen molar-refractivity contribution >= 4 is 28.0 Å². The fourth-order valence-electron chi connectivity index (χ4n) is 4.54. The monoisotopic (exact) mass is 569 g/mol. The molecule has 8 nitrogen and oxygen atoms in total. The molecule has 0 unspecified atom stereocenters. The first-order valence-corrected chi connectivity index (χ1v) is 12.4. The standard InChI is InChI=1S/C28H28BrNO7/c1-28(2)19-10-11-22(34-3)18(14-30-27(33)36-15-16-8-6-5-7-9-16)25(19)37-24-17(12-23(31)32)26(35-4)21(29)13-20(24)28/h5-11,13H,12,14-15H2,1-4H3,(H,30,33)(H,31,32). The van der Waals surface area contributed by atoms with Gasteiger partial charge in [-0.2, -0.15) is 0 Å². The highest BCUT2D eigenvalue weighted by molar-refractivity contribution is 9.10. The van der Waals surface area contributed by atoms with E-state index in [1.165, 1.54) is 14.2 Å². The van der Waals surface area contributed by atoms with Crippen LogP contribution in [0.4, 0.5) is 4.79 Å². The predicted molar refractivity (Wildman–Crippen MR) is 141 cm³/mol. The van der Waals surface area contributed by atoms with Crippen molar-refractivity contribution in [3.8, 4) is 23.0 Å². The Morgan fingerprint density at radius 1 is 1.00 bits per heavy atom. The molecule has 0 saturated heterocycles.